The number of H-pyrrole nitrogens is 1. The smallest absolute Gasteiger partial charge is 0.410 e. The monoisotopic (exact) mass is 344 g/mol. The Morgan fingerprint density at radius 3 is 2.88 bits per heavy atom. The highest BCUT2D eigenvalue weighted by atomic mass is 16.6. The number of nitrogens with zero attached hydrogens (tertiary/aromatic N) is 2. The fourth-order valence-electron chi connectivity index (χ4n) is 2.79. The third-order valence-corrected chi connectivity index (χ3v) is 4.17. The molecule has 7 nitrogen and oxygen atoms in total. The Hall–Kier alpha value is -2.57. The molecule has 0 spiro atoms. The van der Waals surface area contributed by atoms with Gasteiger partial charge >= 0.3 is 6.09 Å². The molecule has 1 aromatic heterocycles. The largest absolute Gasteiger partial charge is 0.444 e. The highest BCUT2D eigenvalue weighted by Gasteiger charge is 2.39. The maximum atomic E-state index is 12.3. The van der Waals surface area contributed by atoms with Crippen molar-refractivity contribution in [2.45, 2.75) is 45.3 Å². The minimum Gasteiger partial charge on any atom is -0.444 e. The van der Waals surface area contributed by atoms with Gasteiger partial charge < -0.3 is 10.1 Å². The van der Waals surface area contributed by atoms with Crippen LogP contribution in [0.3, 0.4) is 0 Å². The molecule has 0 bridgehead atoms. The zero-order valence-corrected chi connectivity index (χ0v) is 14.8. The molecule has 1 aliphatic heterocycles. The lowest BCUT2D eigenvalue weighted by atomic mass is 10.0. The summed E-state index contributed by atoms with van der Waals surface area (Å²) >= 11 is 0. The van der Waals surface area contributed by atoms with Crippen molar-refractivity contribution in [3.8, 4) is 0 Å². The van der Waals surface area contributed by atoms with Crippen LogP contribution in [0.4, 0.5) is 4.79 Å². The van der Waals surface area contributed by atoms with Crippen LogP contribution in [0.2, 0.25) is 0 Å². The lowest BCUT2D eigenvalue weighted by molar-refractivity contribution is -0.130. The zero-order chi connectivity index (χ0) is 18.0. The SMILES string of the molecule is CC(C)(C)OC(=O)N1CC[C@@H]1C(=O)NCCc1ccc2[nH]ncc2c1. The third kappa shape index (κ3) is 4.10. The second-order valence-electron chi connectivity index (χ2n) is 7.31. The van der Waals surface area contributed by atoms with Crippen molar-refractivity contribution in [3.05, 3.63) is 30.0 Å². The molecular formula is C18H24N4O3. The fourth-order valence-corrected chi connectivity index (χ4v) is 2.79. The van der Waals surface area contributed by atoms with Gasteiger partial charge in [-0.05, 0) is 51.3 Å². The summed E-state index contributed by atoms with van der Waals surface area (Å²) in [7, 11) is 0. The first kappa shape index (κ1) is 17.3. The maximum Gasteiger partial charge on any atom is 0.410 e. The number of fused-ring (bicyclic) bond motifs is 1. The normalized spacial score (nSPS) is 17.2. The zero-order valence-electron chi connectivity index (χ0n) is 14.8. The predicted molar refractivity (Wildman–Crippen MR) is 94.2 cm³/mol. The van der Waals surface area contributed by atoms with Gasteiger partial charge in [-0.15, -0.1) is 0 Å². The second-order valence-corrected chi connectivity index (χ2v) is 7.31. The standard InChI is InChI=1S/C18H24N4O3/c1-18(2,3)25-17(24)22-9-7-15(22)16(23)19-8-6-12-4-5-14-13(10-12)11-20-21-14/h4-5,10-11,15H,6-9H2,1-3H3,(H,19,23)(H,20,21)/t15-/m1/s1. The van der Waals surface area contributed by atoms with Crippen LogP contribution in [-0.2, 0) is 16.0 Å². The predicted octanol–water partition coefficient (Wildman–Crippen LogP) is 2.23. The number of rotatable bonds is 4. The molecule has 7 heteroatoms. The summed E-state index contributed by atoms with van der Waals surface area (Å²) < 4.78 is 5.33. The number of ether oxygens (including phenoxy) is 1. The average molecular weight is 344 g/mol. The van der Waals surface area contributed by atoms with Crippen molar-refractivity contribution < 1.29 is 14.3 Å². The summed E-state index contributed by atoms with van der Waals surface area (Å²) in [5.41, 5.74) is 1.57. The van der Waals surface area contributed by atoms with E-state index in [1.165, 1.54) is 4.90 Å². The molecule has 134 valence electrons. The molecular weight excluding hydrogens is 320 g/mol. The van der Waals surface area contributed by atoms with Crippen LogP contribution >= 0.6 is 0 Å². The van der Waals surface area contributed by atoms with E-state index in [0.717, 1.165) is 22.9 Å². The van der Waals surface area contributed by atoms with Crippen LogP contribution in [0.5, 0.6) is 0 Å². The summed E-state index contributed by atoms with van der Waals surface area (Å²) in [6, 6.07) is 5.63. The molecule has 0 aliphatic carbocycles. The third-order valence-electron chi connectivity index (χ3n) is 4.17. The molecule has 0 saturated carbocycles. The average Bonchev–Trinajstić information content (AvgIpc) is 2.91. The molecule has 25 heavy (non-hydrogen) atoms. The number of aromatic nitrogens is 2. The summed E-state index contributed by atoms with van der Waals surface area (Å²) in [6.07, 6.45) is 2.76. The summed E-state index contributed by atoms with van der Waals surface area (Å²) in [4.78, 5) is 25.8. The fraction of sp³-hybridized carbons (Fsp3) is 0.500. The maximum absolute atomic E-state index is 12.3. The van der Waals surface area contributed by atoms with E-state index in [2.05, 4.69) is 21.6 Å². The summed E-state index contributed by atoms with van der Waals surface area (Å²) in [5.74, 6) is -0.124. The second kappa shape index (κ2) is 6.74. The van der Waals surface area contributed by atoms with Gasteiger partial charge in [0.15, 0.2) is 0 Å². The Kier molecular flexibility index (Phi) is 4.65. The Morgan fingerprint density at radius 1 is 1.40 bits per heavy atom. The number of amides is 2. The molecule has 0 unspecified atom stereocenters. The molecule has 1 atom stereocenters. The number of carbonyl (C=O) groups excluding carboxylic acids is 2. The van der Waals surface area contributed by atoms with Gasteiger partial charge in [0.2, 0.25) is 5.91 Å². The lowest BCUT2D eigenvalue weighted by Gasteiger charge is -2.40. The van der Waals surface area contributed by atoms with Crippen molar-refractivity contribution in [1.82, 2.24) is 20.4 Å². The van der Waals surface area contributed by atoms with Crippen LogP contribution < -0.4 is 5.32 Å². The molecule has 3 rings (SSSR count). The molecule has 2 aromatic rings. The highest BCUT2D eigenvalue weighted by Crippen LogP contribution is 2.21. The molecule has 2 heterocycles. The molecule has 1 fully saturated rings. The van der Waals surface area contributed by atoms with Gasteiger partial charge in [0.25, 0.3) is 0 Å². The Balaban J connectivity index is 1.48. The van der Waals surface area contributed by atoms with Crippen LogP contribution in [0.25, 0.3) is 10.9 Å². The molecule has 2 amide bonds. The quantitative estimate of drug-likeness (QED) is 0.890. The van der Waals surface area contributed by atoms with Crippen molar-refractivity contribution in [2.24, 2.45) is 0 Å². The highest BCUT2D eigenvalue weighted by molar-refractivity contribution is 5.87. The first-order chi connectivity index (χ1) is 11.8. The van der Waals surface area contributed by atoms with E-state index in [-0.39, 0.29) is 5.91 Å². The van der Waals surface area contributed by atoms with E-state index in [9.17, 15) is 9.59 Å². The molecule has 1 aromatic carbocycles. The minimum atomic E-state index is -0.556. The van der Waals surface area contributed by atoms with Crippen LogP contribution in [0.15, 0.2) is 24.4 Å². The van der Waals surface area contributed by atoms with Gasteiger partial charge in [0, 0.05) is 18.5 Å². The number of carbonyl (C=O) groups is 2. The van der Waals surface area contributed by atoms with E-state index in [1.807, 2.05) is 32.9 Å². The van der Waals surface area contributed by atoms with Crippen molar-refractivity contribution in [3.63, 3.8) is 0 Å². The van der Waals surface area contributed by atoms with Gasteiger partial charge in [0.05, 0.1) is 11.7 Å². The molecule has 1 saturated heterocycles. The van der Waals surface area contributed by atoms with Gasteiger partial charge in [0.1, 0.15) is 11.6 Å². The van der Waals surface area contributed by atoms with E-state index in [4.69, 9.17) is 4.74 Å². The van der Waals surface area contributed by atoms with E-state index in [1.54, 1.807) is 6.20 Å². The van der Waals surface area contributed by atoms with E-state index >= 15 is 0 Å². The van der Waals surface area contributed by atoms with Crippen molar-refractivity contribution >= 4 is 22.9 Å². The Labute approximate surface area is 146 Å². The number of benzene rings is 1. The van der Waals surface area contributed by atoms with Gasteiger partial charge in [-0.1, -0.05) is 6.07 Å². The Morgan fingerprint density at radius 2 is 2.20 bits per heavy atom. The first-order valence-corrected chi connectivity index (χ1v) is 8.53. The number of nitrogens with one attached hydrogen (secondary N) is 2. The molecule has 0 radical (unpaired) electrons. The summed E-state index contributed by atoms with van der Waals surface area (Å²) in [5, 5.41) is 10.9. The minimum absolute atomic E-state index is 0.124. The van der Waals surface area contributed by atoms with E-state index < -0.39 is 17.7 Å². The number of aromatic amines is 1. The number of hydrogen-bond acceptors (Lipinski definition) is 4. The van der Waals surface area contributed by atoms with Crippen LogP contribution in [0, 0.1) is 0 Å². The lowest BCUT2D eigenvalue weighted by Crippen LogP contribution is -2.59. The van der Waals surface area contributed by atoms with Crippen molar-refractivity contribution in [2.75, 3.05) is 13.1 Å². The summed E-state index contributed by atoms with van der Waals surface area (Å²) in [6.45, 7) is 6.54. The first-order valence-electron chi connectivity index (χ1n) is 8.53. The van der Waals surface area contributed by atoms with Crippen LogP contribution in [0.1, 0.15) is 32.8 Å². The number of likely N-dealkylation sites (tertiary alicyclic amines) is 1. The van der Waals surface area contributed by atoms with Gasteiger partial charge in [-0.25, -0.2) is 4.79 Å². The topological polar surface area (TPSA) is 87.3 Å². The number of hydrogen-bond donors (Lipinski definition) is 2. The van der Waals surface area contributed by atoms with Crippen LogP contribution in [-0.4, -0.2) is 51.8 Å². The molecule has 1 aliphatic rings. The Bertz CT molecular complexity index is 778. The molecule has 2 N–H and O–H groups in total. The van der Waals surface area contributed by atoms with Gasteiger partial charge in [-0.2, -0.15) is 5.10 Å². The van der Waals surface area contributed by atoms with Crippen molar-refractivity contribution in [1.29, 1.82) is 0 Å². The van der Waals surface area contributed by atoms with E-state index in [0.29, 0.717) is 19.5 Å². The van der Waals surface area contributed by atoms with Gasteiger partial charge in [-0.3, -0.25) is 14.8 Å².